The van der Waals surface area contributed by atoms with E-state index >= 15 is 0 Å². The minimum atomic E-state index is -0.495. The fraction of sp³-hybridized carbons (Fsp3) is 0.542. The number of amides is 4. The number of carbonyl (C=O) groups excluding carboxylic acids is 5. The van der Waals surface area contributed by atoms with Gasteiger partial charge >= 0.3 is 64.3 Å². The second-order valence-electron chi connectivity index (χ2n) is 7.88. The van der Waals surface area contributed by atoms with E-state index in [-0.39, 0.29) is 110 Å². The fourth-order valence-electron chi connectivity index (χ4n) is 3.09. The van der Waals surface area contributed by atoms with Gasteiger partial charge in [0.25, 0.3) is 0 Å². The molecule has 1 fully saturated rings. The quantitative estimate of drug-likeness (QED) is 0.164. The molecule has 1 aliphatic rings. The molecule has 0 bridgehead atoms. The first-order valence-corrected chi connectivity index (χ1v) is 11.5. The molecule has 0 unspecified atom stereocenters. The van der Waals surface area contributed by atoms with Crippen LogP contribution < -0.4 is 63.5 Å². The van der Waals surface area contributed by atoms with E-state index < -0.39 is 6.09 Å². The number of rotatable bonds is 16. The van der Waals surface area contributed by atoms with Crippen molar-refractivity contribution >= 4 is 30.1 Å². The Labute approximate surface area is 256 Å². The molecule has 1 aliphatic heterocycles. The number of ether oxygens (including phenoxy) is 2. The number of nitrogens with one attached hydrogen (secondary N) is 1. The monoisotopic (exact) mass is 561 g/mol. The van der Waals surface area contributed by atoms with Gasteiger partial charge in [-0.2, -0.15) is 0 Å². The SMILES string of the molecule is O=CCCCCCNC(=O)OCCCOCC(=O)[N-]Cc1ccc(CC(=O)N2CCC2=O)cc1.[HH].[Rb+]. The molecule has 0 aromatic heterocycles. The van der Waals surface area contributed by atoms with Crippen LogP contribution in [-0.2, 0) is 41.6 Å². The second-order valence-corrected chi connectivity index (χ2v) is 7.88. The third-order valence-corrected chi connectivity index (χ3v) is 5.13. The van der Waals surface area contributed by atoms with Crippen LogP contribution in [0.1, 0.15) is 51.1 Å². The third-order valence-electron chi connectivity index (χ3n) is 5.13. The van der Waals surface area contributed by atoms with Crippen LogP contribution in [0.15, 0.2) is 24.3 Å². The third kappa shape index (κ3) is 13.4. The largest absolute Gasteiger partial charge is 1.00 e. The van der Waals surface area contributed by atoms with E-state index in [1.807, 2.05) is 0 Å². The number of unbranched alkanes of at least 4 members (excludes halogenated alkanes) is 3. The Bertz CT molecular complexity index is 840. The van der Waals surface area contributed by atoms with Gasteiger partial charge in [0, 0.05) is 33.8 Å². The number of benzene rings is 1. The second kappa shape index (κ2) is 18.8. The summed E-state index contributed by atoms with van der Waals surface area (Å²) in [6.45, 7) is 1.51. The summed E-state index contributed by atoms with van der Waals surface area (Å²) < 4.78 is 10.3. The molecule has 1 aromatic rings. The van der Waals surface area contributed by atoms with Crippen LogP contribution in [0.5, 0.6) is 0 Å². The van der Waals surface area contributed by atoms with Crippen LogP contribution in [-0.4, -0.2) is 67.9 Å². The predicted octanol–water partition coefficient (Wildman–Crippen LogP) is -0.469. The van der Waals surface area contributed by atoms with Crippen molar-refractivity contribution in [2.45, 2.75) is 51.5 Å². The summed E-state index contributed by atoms with van der Waals surface area (Å²) in [6.07, 6.45) is 4.49. The Kier molecular flexibility index (Phi) is 16.9. The summed E-state index contributed by atoms with van der Waals surface area (Å²) in [4.78, 5) is 58.1. The molecule has 4 amide bonds. The standard InChI is InChI=1S/C24H33N3O7.Rb.H2/c28-13-4-2-1-3-11-25-24(32)34-15-5-14-33-18-21(29)26-17-20-8-6-19(7-9-20)16-23(31)27-12-10-22(27)30;;/h6-9,13H,1-5,10-12,14-18H2,(H2,25,26,29,32);;1H/q;+1;/p-1. The van der Waals surface area contributed by atoms with E-state index in [0.29, 0.717) is 32.4 Å². The number of nitrogens with zero attached hydrogens (tertiary/aromatic N) is 2. The molecule has 188 valence electrons. The Morgan fingerprint density at radius 1 is 1.06 bits per heavy atom. The van der Waals surface area contributed by atoms with Crippen LogP contribution in [0.4, 0.5) is 4.79 Å². The van der Waals surface area contributed by atoms with Gasteiger partial charge in [0.05, 0.1) is 32.1 Å². The molecule has 11 heteroatoms. The van der Waals surface area contributed by atoms with Crippen molar-refractivity contribution in [3.8, 4) is 0 Å². The van der Waals surface area contributed by atoms with Gasteiger partial charge in [-0.15, -0.1) is 6.54 Å². The topological polar surface area (TPSA) is 133 Å². The van der Waals surface area contributed by atoms with Crippen LogP contribution >= 0.6 is 0 Å². The first-order valence-electron chi connectivity index (χ1n) is 11.5. The Balaban J connectivity index is 0.00000612. The first-order chi connectivity index (χ1) is 16.5. The summed E-state index contributed by atoms with van der Waals surface area (Å²) >= 11 is 0. The number of hydrogen-bond acceptors (Lipinski definition) is 7. The number of aldehydes is 1. The van der Waals surface area contributed by atoms with E-state index in [2.05, 4.69) is 10.6 Å². The van der Waals surface area contributed by atoms with Gasteiger partial charge in [0.1, 0.15) is 6.29 Å². The van der Waals surface area contributed by atoms with Crippen molar-refractivity contribution in [3.05, 3.63) is 40.7 Å². The van der Waals surface area contributed by atoms with Gasteiger partial charge in [0.2, 0.25) is 11.8 Å². The van der Waals surface area contributed by atoms with E-state index in [1.54, 1.807) is 24.3 Å². The van der Waals surface area contributed by atoms with Gasteiger partial charge < -0.3 is 29.7 Å². The molecule has 10 nitrogen and oxygen atoms in total. The first kappa shape index (κ1) is 31.6. The Morgan fingerprint density at radius 3 is 2.46 bits per heavy atom. The smallest absolute Gasteiger partial charge is 0.648 e. The van der Waals surface area contributed by atoms with E-state index in [4.69, 9.17) is 9.47 Å². The number of hydrogen-bond donors (Lipinski definition) is 1. The number of carbonyl (C=O) groups is 5. The summed E-state index contributed by atoms with van der Waals surface area (Å²) in [5.41, 5.74) is 1.63. The molecule has 1 aromatic carbocycles. The van der Waals surface area contributed by atoms with Gasteiger partial charge in [-0.05, 0) is 18.4 Å². The van der Waals surface area contributed by atoms with Gasteiger partial charge in [-0.1, -0.05) is 36.2 Å². The number of β-lactam (4-membered cyclic amide) rings is 1. The maximum atomic E-state index is 12.0. The summed E-state index contributed by atoms with van der Waals surface area (Å²) in [7, 11) is 0. The van der Waals surface area contributed by atoms with Gasteiger partial charge in [0.15, 0.2) is 0 Å². The minimum Gasteiger partial charge on any atom is -0.648 e. The molecule has 0 spiro atoms. The van der Waals surface area contributed by atoms with E-state index in [1.165, 1.54) is 4.90 Å². The minimum absolute atomic E-state index is 0. The number of alkyl carbamates (subject to hydrolysis) is 1. The summed E-state index contributed by atoms with van der Waals surface area (Å²) in [5.74, 6) is -0.716. The molecule has 1 N–H and O–H groups in total. The fourth-order valence-corrected chi connectivity index (χ4v) is 3.09. The molecule has 1 heterocycles. The van der Waals surface area contributed by atoms with E-state index in [0.717, 1.165) is 36.7 Å². The van der Waals surface area contributed by atoms with Crippen molar-refractivity contribution in [2.75, 3.05) is 32.9 Å². The van der Waals surface area contributed by atoms with Gasteiger partial charge in [-0.25, -0.2) is 4.79 Å². The molecule has 2 rings (SSSR count). The molecular weight excluding hydrogens is 528 g/mol. The van der Waals surface area contributed by atoms with Crippen LogP contribution in [0, 0.1) is 0 Å². The Hall–Kier alpha value is -1.46. The van der Waals surface area contributed by atoms with Crippen molar-refractivity contribution < 1.29 is 93.1 Å². The number of likely N-dealkylation sites (tertiary alicyclic amines) is 1. The van der Waals surface area contributed by atoms with E-state index in [9.17, 15) is 24.0 Å². The van der Waals surface area contributed by atoms with Crippen molar-refractivity contribution in [3.63, 3.8) is 0 Å². The Morgan fingerprint density at radius 2 is 1.80 bits per heavy atom. The zero-order chi connectivity index (χ0) is 24.6. The summed E-state index contributed by atoms with van der Waals surface area (Å²) in [6, 6.07) is 7.17. The molecular formula is C24H34N3O7Rb. The average molecular weight is 562 g/mol. The number of imide groups is 1. The summed E-state index contributed by atoms with van der Waals surface area (Å²) in [5, 5.41) is 6.59. The van der Waals surface area contributed by atoms with Crippen molar-refractivity contribution in [1.82, 2.24) is 10.2 Å². The predicted molar refractivity (Wildman–Crippen MR) is 125 cm³/mol. The van der Waals surface area contributed by atoms with Crippen LogP contribution in [0.3, 0.4) is 0 Å². The van der Waals surface area contributed by atoms with Crippen molar-refractivity contribution in [1.29, 1.82) is 0 Å². The zero-order valence-corrected chi connectivity index (χ0v) is 25.2. The molecule has 1 saturated heterocycles. The molecule has 35 heavy (non-hydrogen) atoms. The maximum absolute atomic E-state index is 12.0. The molecule has 0 saturated carbocycles. The normalized spacial score (nSPS) is 12.2. The van der Waals surface area contributed by atoms with Crippen LogP contribution in [0.25, 0.3) is 5.32 Å². The van der Waals surface area contributed by atoms with Crippen LogP contribution in [0.2, 0.25) is 0 Å². The van der Waals surface area contributed by atoms with Crippen molar-refractivity contribution in [2.24, 2.45) is 0 Å². The molecule has 0 atom stereocenters. The average Bonchev–Trinajstić information content (AvgIpc) is 2.82. The zero-order valence-electron chi connectivity index (χ0n) is 20.3. The maximum Gasteiger partial charge on any atom is 1.00 e. The molecule has 0 radical (unpaired) electrons. The molecule has 0 aliphatic carbocycles. The van der Waals surface area contributed by atoms with Gasteiger partial charge in [-0.3, -0.25) is 14.5 Å².